The average Bonchev–Trinajstić information content (AvgIpc) is 3.81. The Morgan fingerprint density at radius 1 is 1.04 bits per heavy atom. The Kier molecular flexibility index (Phi) is 7.88. The highest BCUT2D eigenvalue weighted by atomic mass is 32.2. The molecule has 1 aromatic carbocycles. The standard InChI is InChI=1S/C31H35F2N7O4S/c1-31(2,3)44-30(41)39-13-11-20(12-14-39)38(4)26-10-9-25-28(36-26)22(19-15-34-18-35-16-19)17-40(25)29-23(32)7-8-24(27(29)33)37-45(42,43)21-5-6-21/h7-10,15-18,20-21,37H,5-6,11-14H2,1-4H3. The molecule has 1 N–H and O–H groups in total. The fourth-order valence-electron chi connectivity index (χ4n) is 5.53. The van der Waals surface area contributed by atoms with E-state index in [0.717, 1.165) is 12.1 Å². The van der Waals surface area contributed by atoms with Crippen LogP contribution in [0.1, 0.15) is 46.5 Å². The molecule has 14 heteroatoms. The molecule has 3 aromatic heterocycles. The quantitative estimate of drug-likeness (QED) is 0.281. The number of benzene rings is 1. The Morgan fingerprint density at radius 3 is 2.38 bits per heavy atom. The summed E-state index contributed by atoms with van der Waals surface area (Å²) in [7, 11) is -1.85. The number of hydrogen-bond acceptors (Lipinski definition) is 8. The van der Waals surface area contributed by atoms with Crippen LogP contribution in [-0.4, -0.2) is 76.0 Å². The van der Waals surface area contributed by atoms with E-state index < -0.39 is 38.2 Å². The lowest BCUT2D eigenvalue weighted by Crippen LogP contribution is -2.47. The number of aromatic nitrogens is 4. The second kappa shape index (κ2) is 11.5. The van der Waals surface area contributed by atoms with Crippen LogP contribution in [-0.2, 0) is 14.8 Å². The molecule has 1 aliphatic heterocycles. The molecule has 4 aromatic rings. The molecule has 1 amide bonds. The number of rotatable bonds is 7. The topological polar surface area (TPSA) is 123 Å². The van der Waals surface area contributed by atoms with Crippen LogP contribution in [0, 0.1) is 11.6 Å². The van der Waals surface area contributed by atoms with Gasteiger partial charge in [0.2, 0.25) is 10.0 Å². The van der Waals surface area contributed by atoms with E-state index in [2.05, 4.69) is 14.7 Å². The molecule has 0 atom stereocenters. The van der Waals surface area contributed by atoms with Crippen molar-refractivity contribution in [2.24, 2.45) is 0 Å². The highest BCUT2D eigenvalue weighted by molar-refractivity contribution is 7.93. The van der Waals surface area contributed by atoms with Crippen LogP contribution in [0.4, 0.5) is 25.1 Å². The number of likely N-dealkylation sites (tertiary alicyclic amines) is 1. The van der Waals surface area contributed by atoms with E-state index in [1.807, 2.05) is 32.7 Å². The number of ether oxygens (including phenoxy) is 1. The molecule has 0 radical (unpaired) electrons. The van der Waals surface area contributed by atoms with E-state index in [1.165, 1.54) is 10.9 Å². The van der Waals surface area contributed by atoms with Crippen LogP contribution >= 0.6 is 0 Å². The maximum atomic E-state index is 15.9. The van der Waals surface area contributed by atoms with Crippen molar-refractivity contribution in [2.45, 2.75) is 63.3 Å². The first-order valence-corrected chi connectivity index (χ1v) is 16.4. The van der Waals surface area contributed by atoms with E-state index in [4.69, 9.17) is 9.72 Å². The van der Waals surface area contributed by atoms with E-state index in [1.54, 1.807) is 35.6 Å². The zero-order chi connectivity index (χ0) is 32.1. The van der Waals surface area contributed by atoms with Crippen LogP contribution in [0.15, 0.2) is 49.2 Å². The number of nitrogens with zero attached hydrogens (tertiary/aromatic N) is 6. The molecule has 1 aliphatic carbocycles. The summed E-state index contributed by atoms with van der Waals surface area (Å²) in [5.74, 6) is -1.27. The summed E-state index contributed by atoms with van der Waals surface area (Å²) in [6.07, 6.45) is 8.19. The third-order valence-corrected chi connectivity index (χ3v) is 9.91. The molecule has 1 saturated carbocycles. The summed E-state index contributed by atoms with van der Waals surface area (Å²) >= 11 is 0. The minimum absolute atomic E-state index is 0.0882. The number of piperidine rings is 1. The minimum atomic E-state index is -3.78. The predicted octanol–water partition coefficient (Wildman–Crippen LogP) is 5.50. The predicted molar refractivity (Wildman–Crippen MR) is 167 cm³/mol. The van der Waals surface area contributed by atoms with E-state index in [9.17, 15) is 13.2 Å². The van der Waals surface area contributed by atoms with Crippen molar-refractivity contribution in [1.82, 2.24) is 24.4 Å². The van der Waals surface area contributed by atoms with E-state index in [0.29, 0.717) is 66.8 Å². The molecule has 2 fully saturated rings. The second-order valence-electron chi connectivity index (χ2n) is 12.5. The molecule has 1 saturated heterocycles. The van der Waals surface area contributed by atoms with Crippen molar-refractivity contribution >= 4 is 38.7 Å². The van der Waals surface area contributed by atoms with Crippen LogP contribution in [0.2, 0.25) is 0 Å². The zero-order valence-electron chi connectivity index (χ0n) is 25.5. The van der Waals surface area contributed by atoms with Gasteiger partial charge in [-0.25, -0.2) is 36.9 Å². The van der Waals surface area contributed by atoms with E-state index in [-0.39, 0.29) is 17.8 Å². The molecule has 45 heavy (non-hydrogen) atoms. The fraction of sp³-hybridized carbons (Fsp3) is 0.419. The number of nitrogens with one attached hydrogen (secondary N) is 1. The maximum absolute atomic E-state index is 15.9. The Labute approximate surface area is 260 Å². The molecular weight excluding hydrogens is 604 g/mol. The molecule has 0 spiro atoms. The van der Waals surface area contributed by atoms with Gasteiger partial charge >= 0.3 is 6.09 Å². The van der Waals surface area contributed by atoms with Gasteiger partial charge in [0.1, 0.15) is 29.3 Å². The Hall–Kier alpha value is -4.33. The smallest absolute Gasteiger partial charge is 0.410 e. The number of amides is 1. The zero-order valence-corrected chi connectivity index (χ0v) is 26.3. The summed E-state index contributed by atoms with van der Waals surface area (Å²) in [5.41, 5.74) is 0.672. The number of carbonyl (C=O) groups excluding carboxylic acids is 1. The Morgan fingerprint density at radius 2 is 1.73 bits per heavy atom. The van der Waals surface area contributed by atoms with Gasteiger partial charge in [0.15, 0.2) is 5.82 Å². The van der Waals surface area contributed by atoms with Gasteiger partial charge in [0, 0.05) is 55.9 Å². The SMILES string of the molecule is CN(c1ccc2c(n1)c(-c1cncnc1)cn2-c1c(F)ccc(NS(=O)(=O)C2CC2)c1F)C1CCN(C(=O)OC(C)(C)C)CC1. The lowest BCUT2D eigenvalue weighted by molar-refractivity contribution is 0.0205. The summed E-state index contributed by atoms with van der Waals surface area (Å²) in [5, 5.41) is -0.577. The van der Waals surface area contributed by atoms with Gasteiger partial charge in [-0.3, -0.25) is 4.72 Å². The van der Waals surface area contributed by atoms with Crippen molar-refractivity contribution in [3.05, 3.63) is 60.8 Å². The Balaban J connectivity index is 1.35. The van der Waals surface area contributed by atoms with Crippen LogP contribution in [0.3, 0.4) is 0 Å². The number of pyridine rings is 1. The van der Waals surface area contributed by atoms with Crippen molar-refractivity contribution in [3.8, 4) is 16.8 Å². The molecule has 0 bridgehead atoms. The second-order valence-corrected chi connectivity index (χ2v) is 14.5. The highest BCUT2D eigenvalue weighted by Gasteiger charge is 2.37. The maximum Gasteiger partial charge on any atom is 0.410 e. The first kappa shape index (κ1) is 30.7. The van der Waals surface area contributed by atoms with Gasteiger partial charge in [-0.15, -0.1) is 0 Å². The largest absolute Gasteiger partial charge is 0.444 e. The third kappa shape index (κ3) is 6.28. The third-order valence-electron chi connectivity index (χ3n) is 8.05. The number of halogens is 2. The average molecular weight is 640 g/mol. The summed E-state index contributed by atoms with van der Waals surface area (Å²) in [6, 6.07) is 5.73. The lowest BCUT2D eigenvalue weighted by Gasteiger charge is -2.37. The van der Waals surface area contributed by atoms with Crippen molar-refractivity contribution < 1.29 is 26.7 Å². The number of hydrogen-bond donors (Lipinski definition) is 1. The van der Waals surface area contributed by atoms with Crippen molar-refractivity contribution in [1.29, 1.82) is 0 Å². The molecular formula is C31H35F2N7O4S. The van der Waals surface area contributed by atoms with Gasteiger partial charge < -0.3 is 19.1 Å². The number of sulfonamides is 1. The van der Waals surface area contributed by atoms with Gasteiger partial charge in [-0.2, -0.15) is 0 Å². The summed E-state index contributed by atoms with van der Waals surface area (Å²) in [4.78, 5) is 29.5. The van der Waals surface area contributed by atoms with Gasteiger partial charge in [-0.05, 0) is 70.7 Å². The van der Waals surface area contributed by atoms with Gasteiger partial charge in [0.25, 0.3) is 0 Å². The summed E-state index contributed by atoms with van der Waals surface area (Å²) < 4.78 is 65.6. The lowest BCUT2D eigenvalue weighted by atomic mass is 10.0. The number of anilines is 2. The molecule has 4 heterocycles. The first-order valence-electron chi connectivity index (χ1n) is 14.8. The van der Waals surface area contributed by atoms with Crippen molar-refractivity contribution in [2.75, 3.05) is 29.8 Å². The number of fused-ring (bicyclic) bond motifs is 1. The molecule has 238 valence electrons. The normalized spacial score (nSPS) is 16.2. The van der Waals surface area contributed by atoms with Crippen LogP contribution in [0.5, 0.6) is 0 Å². The van der Waals surface area contributed by atoms with Crippen LogP contribution in [0.25, 0.3) is 27.8 Å². The van der Waals surface area contributed by atoms with Crippen LogP contribution < -0.4 is 9.62 Å². The first-order chi connectivity index (χ1) is 21.3. The monoisotopic (exact) mass is 639 g/mol. The van der Waals surface area contributed by atoms with Gasteiger partial charge in [-0.1, -0.05) is 0 Å². The van der Waals surface area contributed by atoms with Gasteiger partial charge in [0.05, 0.1) is 22.0 Å². The van der Waals surface area contributed by atoms with Crippen molar-refractivity contribution in [3.63, 3.8) is 0 Å². The summed E-state index contributed by atoms with van der Waals surface area (Å²) in [6.45, 7) is 6.59. The minimum Gasteiger partial charge on any atom is -0.444 e. The molecule has 0 unspecified atom stereocenters. The molecule has 2 aliphatic rings. The Bertz CT molecular complexity index is 1850. The van der Waals surface area contributed by atoms with E-state index >= 15 is 8.78 Å². The fourth-order valence-corrected chi connectivity index (χ4v) is 6.92. The molecule has 6 rings (SSSR count). The number of carbonyl (C=O) groups is 1. The highest BCUT2D eigenvalue weighted by Crippen LogP contribution is 2.37. The molecule has 11 nitrogen and oxygen atoms in total.